The van der Waals surface area contributed by atoms with Crippen molar-refractivity contribution in [3.63, 3.8) is 0 Å². The molecule has 4 rings (SSSR count). The van der Waals surface area contributed by atoms with Crippen LogP contribution in [0.3, 0.4) is 0 Å². The van der Waals surface area contributed by atoms with Gasteiger partial charge in [0.05, 0.1) is 11.3 Å². The predicted molar refractivity (Wildman–Crippen MR) is 152 cm³/mol. The minimum Gasteiger partial charge on any atom is -0.341 e. The van der Waals surface area contributed by atoms with E-state index >= 15 is 0 Å². The van der Waals surface area contributed by atoms with Crippen molar-refractivity contribution in [1.82, 2.24) is 14.7 Å². The van der Waals surface area contributed by atoms with E-state index in [1.54, 1.807) is 0 Å². The number of rotatable bonds is 6. The zero-order chi connectivity index (χ0) is 27.0. The number of hydrogen-bond acceptors (Lipinski definition) is 3. The van der Waals surface area contributed by atoms with Crippen molar-refractivity contribution >= 4 is 23.4 Å². The van der Waals surface area contributed by atoms with E-state index in [4.69, 9.17) is 11.6 Å². The molecule has 6 heteroatoms. The third-order valence-electron chi connectivity index (χ3n) is 9.12. The molecule has 0 radical (unpaired) electrons. The summed E-state index contributed by atoms with van der Waals surface area (Å²) in [6.45, 7) is 17.0. The van der Waals surface area contributed by atoms with Crippen LogP contribution in [0, 0.1) is 17.8 Å². The van der Waals surface area contributed by atoms with Crippen molar-refractivity contribution in [2.45, 2.75) is 97.1 Å². The lowest BCUT2D eigenvalue weighted by molar-refractivity contribution is -0.140. The van der Waals surface area contributed by atoms with Gasteiger partial charge < -0.3 is 9.80 Å². The summed E-state index contributed by atoms with van der Waals surface area (Å²) in [6, 6.07) is 8.21. The first-order chi connectivity index (χ1) is 17.4. The first-order valence-electron chi connectivity index (χ1n) is 14.5. The molecular weight excluding hydrogens is 482 g/mol. The van der Waals surface area contributed by atoms with Gasteiger partial charge in [0.15, 0.2) is 0 Å². The van der Waals surface area contributed by atoms with Gasteiger partial charge in [-0.15, -0.1) is 0 Å². The Balaban J connectivity index is 1.52. The zero-order valence-corrected chi connectivity index (χ0v) is 24.7. The molecule has 5 nitrogen and oxygen atoms in total. The van der Waals surface area contributed by atoms with Crippen LogP contribution < -0.4 is 0 Å². The molecule has 0 spiro atoms. The summed E-state index contributed by atoms with van der Waals surface area (Å²) in [5.41, 5.74) is 0.445. The Morgan fingerprint density at radius 3 is 2.27 bits per heavy atom. The fraction of sp³-hybridized carbons (Fsp3) is 0.742. The number of likely N-dealkylation sites (tertiary alicyclic amines) is 2. The summed E-state index contributed by atoms with van der Waals surface area (Å²) < 4.78 is 0. The van der Waals surface area contributed by atoms with E-state index in [0.717, 1.165) is 50.3 Å². The molecule has 2 atom stereocenters. The van der Waals surface area contributed by atoms with Crippen LogP contribution in [0.25, 0.3) is 0 Å². The molecule has 1 aromatic rings. The van der Waals surface area contributed by atoms with Crippen LogP contribution in [0.1, 0.15) is 85.6 Å². The molecule has 206 valence electrons. The van der Waals surface area contributed by atoms with Crippen LogP contribution in [0.4, 0.5) is 0 Å². The lowest BCUT2D eigenvalue weighted by Gasteiger charge is -2.39. The highest BCUT2D eigenvalue weighted by molar-refractivity contribution is 6.30. The Morgan fingerprint density at radius 2 is 1.70 bits per heavy atom. The minimum absolute atomic E-state index is 0.00714. The lowest BCUT2D eigenvalue weighted by Crippen LogP contribution is -2.51. The number of hydrogen-bond donors (Lipinski definition) is 0. The van der Waals surface area contributed by atoms with Gasteiger partial charge in [0, 0.05) is 49.3 Å². The molecule has 2 amide bonds. The summed E-state index contributed by atoms with van der Waals surface area (Å²) in [5, 5.41) is 0.686. The first kappa shape index (κ1) is 28.4. The molecule has 2 saturated heterocycles. The molecule has 0 aromatic heterocycles. The topological polar surface area (TPSA) is 43.9 Å². The lowest BCUT2D eigenvalue weighted by atomic mass is 9.78. The predicted octanol–water partition coefficient (Wildman–Crippen LogP) is 5.99. The fourth-order valence-corrected chi connectivity index (χ4v) is 6.86. The quantitative estimate of drug-likeness (QED) is 0.454. The number of nitrogens with zero attached hydrogens (tertiary/aromatic N) is 3. The SMILES string of the molecule is CC(C)CN(C(=O)[C@H]1CCN(C(=O)C2(c3ccc(Cl)cc3)CCN(C(C)(C)C)C2)C1)C1CCC(C)CC1. The summed E-state index contributed by atoms with van der Waals surface area (Å²) >= 11 is 6.22. The van der Waals surface area contributed by atoms with Crippen LogP contribution in [0.15, 0.2) is 24.3 Å². The second-order valence-corrected chi connectivity index (χ2v) is 13.9. The Bertz CT molecular complexity index is 948. The molecule has 37 heavy (non-hydrogen) atoms. The molecule has 1 saturated carbocycles. The minimum atomic E-state index is -0.590. The van der Waals surface area contributed by atoms with Crippen molar-refractivity contribution in [3.05, 3.63) is 34.9 Å². The van der Waals surface area contributed by atoms with Gasteiger partial charge in [-0.2, -0.15) is 0 Å². The van der Waals surface area contributed by atoms with E-state index in [1.165, 1.54) is 12.8 Å². The molecular formula is C31H48ClN3O2. The third kappa shape index (κ3) is 6.19. The van der Waals surface area contributed by atoms with E-state index in [2.05, 4.69) is 51.3 Å². The van der Waals surface area contributed by atoms with E-state index in [0.29, 0.717) is 36.6 Å². The van der Waals surface area contributed by atoms with Crippen molar-refractivity contribution < 1.29 is 9.59 Å². The number of carbonyl (C=O) groups is 2. The van der Waals surface area contributed by atoms with Gasteiger partial charge in [0.25, 0.3) is 0 Å². The highest BCUT2D eigenvalue weighted by atomic mass is 35.5. The highest BCUT2D eigenvalue weighted by Gasteiger charge is 2.51. The standard InChI is InChI=1S/C31H48ClN3O2/c1-22(2)19-35(27-13-7-23(3)8-14-27)28(36)24-15-17-33(20-24)29(37)31(25-9-11-26(32)12-10-25)16-18-34(21-31)30(4,5)6/h9-12,22-24,27H,7-8,13-21H2,1-6H3/t23?,24-,27?,31?/m0/s1. The second kappa shape index (κ2) is 11.3. The average molecular weight is 530 g/mol. The molecule has 2 heterocycles. The van der Waals surface area contributed by atoms with Crippen LogP contribution >= 0.6 is 11.6 Å². The molecule has 0 N–H and O–H groups in total. The summed E-state index contributed by atoms with van der Waals surface area (Å²) in [4.78, 5) is 34.8. The normalized spacial score (nSPS) is 29.2. The second-order valence-electron chi connectivity index (χ2n) is 13.5. The van der Waals surface area contributed by atoms with Crippen LogP contribution in [-0.2, 0) is 15.0 Å². The summed E-state index contributed by atoms with van der Waals surface area (Å²) in [5.74, 6) is 1.56. The Morgan fingerprint density at radius 1 is 1.05 bits per heavy atom. The van der Waals surface area contributed by atoms with E-state index in [-0.39, 0.29) is 23.3 Å². The maximum atomic E-state index is 14.3. The van der Waals surface area contributed by atoms with Crippen molar-refractivity contribution in [2.75, 3.05) is 32.7 Å². The Hall–Kier alpha value is -1.59. The summed E-state index contributed by atoms with van der Waals surface area (Å²) in [7, 11) is 0. The maximum absolute atomic E-state index is 14.3. The van der Waals surface area contributed by atoms with Crippen molar-refractivity contribution in [1.29, 1.82) is 0 Å². The van der Waals surface area contributed by atoms with Gasteiger partial charge >= 0.3 is 0 Å². The van der Waals surface area contributed by atoms with Gasteiger partial charge in [0.1, 0.15) is 0 Å². The molecule has 1 aliphatic carbocycles. The molecule has 3 aliphatic rings. The number of carbonyl (C=O) groups excluding carboxylic acids is 2. The van der Waals surface area contributed by atoms with Crippen LogP contribution in [0.2, 0.25) is 5.02 Å². The molecule has 3 fully saturated rings. The summed E-state index contributed by atoms with van der Waals surface area (Å²) in [6.07, 6.45) is 6.18. The number of amides is 2. The Labute approximate surface area is 229 Å². The molecule has 2 aliphatic heterocycles. The zero-order valence-electron chi connectivity index (χ0n) is 23.9. The van der Waals surface area contributed by atoms with Crippen LogP contribution in [-0.4, -0.2) is 70.8 Å². The van der Waals surface area contributed by atoms with Crippen molar-refractivity contribution in [2.24, 2.45) is 17.8 Å². The van der Waals surface area contributed by atoms with Gasteiger partial charge in [-0.25, -0.2) is 0 Å². The van der Waals surface area contributed by atoms with Gasteiger partial charge in [-0.05, 0) is 88.8 Å². The first-order valence-corrected chi connectivity index (χ1v) is 14.9. The Kier molecular flexibility index (Phi) is 8.65. The van der Waals surface area contributed by atoms with E-state index in [1.807, 2.05) is 29.2 Å². The molecule has 1 unspecified atom stereocenters. The average Bonchev–Trinajstić information content (AvgIpc) is 3.51. The fourth-order valence-electron chi connectivity index (χ4n) is 6.73. The smallest absolute Gasteiger partial charge is 0.234 e. The van der Waals surface area contributed by atoms with Gasteiger partial charge in [-0.3, -0.25) is 14.5 Å². The van der Waals surface area contributed by atoms with Crippen molar-refractivity contribution in [3.8, 4) is 0 Å². The van der Waals surface area contributed by atoms with Gasteiger partial charge in [-0.1, -0.05) is 44.5 Å². The maximum Gasteiger partial charge on any atom is 0.234 e. The monoisotopic (exact) mass is 529 g/mol. The van der Waals surface area contributed by atoms with Gasteiger partial charge in [0.2, 0.25) is 11.8 Å². The number of benzene rings is 1. The molecule has 0 bridgehead atoms. The highest BCUT2D eigenvalue weighted by Crippen LogP contribution is 2.41. The van der Waals surface area contributed by atoms with Crippen LogP contribution in [0.5, 0.6) is 0 Å². The molecule has 1 aromatic carbocycles. The third-order valence-corrected chi connectivity index (χ3v) is 9.37. The van der Waals surface area contributed by atoms with E-state index in [9.17, 15) is 9.59 Å². The number of halogens is 1. The van der Waals surface area contributed by atoms with E-state index < -0.39 is 5.41 Å². The largest absolute Gasteiger partial charge is 0.341 e.